The highest BCUT2D eigenvalue weighted by atomic mass is 16.4. The molecule has 2 heterocycles. The quantitative estimate of drug-likeness (QED) is 0.689. The van der Waals surface area contributed by atoms with Gasteiger partial charge >= 0.3 is 5.97 Å². The molecule has 3 atom stereocenters. The zero-order valence-electron chi connectivity index (χ0n) is 19.1. The Labute approximate surface area is 188 Å². The zero-order valence-corrected chi connectivity index (χ0v) is 19.1. The highest BCUT2D eigenvalue weighted by molar-refractivity contribution is 5.88. The number of nitrogens with one attached hydrogen (secondary N) is 1. The van der Waals surface area contributed by atoms with Crippen LogP contribution in [0.5, 0.6) is 0 Å². The van der Waals surface area contributed by atoms with Gasteiger partial charge in [0.2, 0.25) is 11.8 Å². The van der Waals surface area contributed by atoms with Crippen LogP contribution in [0.15, 0.2) is 36.7 Å². The SMILES string of the molecule is Cc1cccc(C)c1-c1cncc([C@H](CC(=O)O)NC(=O)[C@@H](C)N2CC(C)CCC2=O)c1. The van der Waals surface area contributed by atoms with Crippen LogP contribution in [0.1, 0.15) is 55.8 Å². The Hall–Kier alpha value is -3.22. The van der Waals surface area contributed by atoms with Crippen LogP contribution in [-0.2, 0) is 14.4 Å². The first-order valence-electron chi connectivity index (χ1n) is 11.0. The molecule has 1 aliphatic rings. The number of hydrogen-bond donors (Lipinski definition) is 2. The Morgan fingerprint density at radius 1 is 1.25 bits per heavy atom. The topological polar surface area (TPSA) is 99.6 Å². The van der Waals surface area contributed by atoms with Gasteiger partial charge in [-0.2, -0.15) is 0 Å². The first-order valence-corrected chi connectivity index (χ1v) is 11.0. The number of hydrogen-bond acceptors (Lipinski definition) is 4. The second-order valence-corrected chi connectivity index (χ2v) is 8.80. The van der Waals surface area contributed by atoms with Crippen molar-refractivity contribution in [1.82, 2.24) is 15.2 Å². The van der Waals surface area contributed by atoms with Crippen LogP contribution in [0, 0.1) is 19.8 Å². The summed E-state index contributed by atoms with van der Waals surface area (Å²) >= 11 is 0. The van der Waals surface area contributed by atoms with E-state index in [2.05, 4.69) is 17.2 Å². The minimum atomic E-state index is -1.02. The third kappa shape index (κ3) is 5.33. The third-order valence-electron chi connectivity index (χ3n) is 6.15. The van der Waals surface area contributed by atoms with E-state index in [-0.39, 0.29) is 18.2 Å². The summed E-state index contributed by atoms with van der Waals surface area (Å²) in [5.41, 5.74) is 4.72. The molecule has 2 amide bonds. The summed E-state index contributed by atoms with van der Waals surface area (Å²) in [5, 5.41) is 12.3. The minimum absolute atomic E-state index is 0.0424. The number of aryl methyl sites for hydroxylation is 2. The molecule has 7 nitrogen and oxygen atoms in total. The fourth-order valence-corrected chi connectivity index (χ4v) is 4.33. The maximum absolute atomic E-state index is 13.0. The van der Waals surface area contributed by atoms with Crippen LogP contribution < -0.4 is 5.32 Å². The molecule has 0 saturated carbocycles. The molecule has 1 aromatic carbocycles. The number of carbonyl (C=O) groups is 3. The van der Waals surface area contributed by atoms with Crippen molar-refractivity contribution in [3.8, 4) is 11.1 Å². The molecule has 0 radical (unpaired) electrons. The molecule has 1 aromatic heterocycles. The second-order valence-electron chi connectivity index (χ2n) is 8.80. The Morgan fingerprint density at radius 3 is 2.59 bits per heavy atom. The second kappa shape index (κ2) is 9.94. The van der Waals surface area contributed by atoms with E-state index in [0.717, 1.165) is 28.7 Å². The average molecular weight is 438 g/mol. The van der Waals surface area contributed by atoms with Crippen molar-refractivity contribution < 1.29 is 19.5 Å². The van der Waals surface area contributed by atoms with Gasteiger partial charge in [0.1, 0.15) is 6.04 Å². The number of rotatable bonds is 7. The molecule has 0 aliphatic carbocycles. The molecule has 1 aliphatic heterocycles. The number of aliphatic carboxylic acids is 1. The number of carboxylic acid groups (broad SMARTS) is 1. The molecule has 32 heavy (non-hydrogen) atoms. The summed E-state index contributed by atoms with van der Waals surface area (Å²) in [7, 11) is 0. The number of pyridine rings is 1. The molecule has 1 saturated heterocycles. The molecule has 1 unspecified atom stereocenters. The van der Waals surface area contributed by atoms with Crippen molar-refractivity contribution in [1.29, 1.82) is 0 Å². The molecular weight excluding hydrogens is 406 g/mol. The molecule has 3 rings (SSSR count). The van der Waals surface area contributed by atoms with Crippen LogP contribution in [-0.4, -0.2) is 45.4 Å². The Kier molecular flexibility index (Phi) is 7.28. The molecule has 7 heteroatoms. The van der Waals surface area contributed by atoms with Crippen LogP contribution in [0.25, 0.3) is 11.1 Å². The minimum Gasteiger partial charge on any atom is -0.481 e. The van der Waals surface area contributed by atoms with Crippen LogP contribution >= 0.6 is 0 Å². The lowest BCUT2D eigenvalue weighted by atomic mass is 9.94. The number of piperidine rings is 1. The normalized spacial score (nSPS) is 18.2. The zero-order chi connectivity index (χ0) is 23.4. The molecule has 2 N–H and O–H groups in total. The molecule has 0 bridgehead atoms. The van der Waals surface area contributed by atoms with Gasteiger partial charge in [0, 0.05) is 30.9 Å². The van der Waals surface area contributed by atoms with E-state index in [4.69, 9.17) is 0 Å². The summed E-state index contributed by atoms with van der Waals surface area (Å²) in [5.74, 6) is -1.10. The number of likely N-dealkylation sites (tertiary alicyclic amines) is 1. The summed E-state index contributed by atoms with van der Waals surface area (Å²) < 4.78 is 0. The summed E-state index contributed by atoms with van der Waals surface area (Å²) in [6.45, 7) is 8.31. The van der Waals surface area contributed by atoms with Gasteiger partial charge in [0.05, 0.1) is 12.5 Å². The van der Waals surface area contributed by atoms with Crippen LogP contribution in [0.3, 0.4) is 0 Å². The van der Waals surface area contributed by atoms with E-state index in [1.165, 1.54) is 0 Å². The van der Waals surface area contributed by atoms with E-state index in [9.17, 15) is 19.5 Å². The molecule has 170 valence electrons. The number of carbonyl (C=O) groups excluding carboxylic acids is 2. The van der Waals surface area contributed by atoms with Gasteiger partial charge < -0.3 is 15.3 Å². The lowest BCUT2D eigenvalue weighted by Gasteiger charge is -2.35. The van der Waals surface area contributed by atoms with Gasteiger partial charge in [-0.15, -0.1) is 0 Å². The van der Waals surface area contributed by atoms with E-state index in [1.54, 1.807) is 24.2 Å². The highest BCUT2D eigenvalue weighted by Crippen LogP contribution is 2.29. The number of aromatic nitrogens is 1. The van der Waals surface area contributed by atoms with Crippen molar-refractivity contribution >= 4 is 17.8 Å². The molecule has 1 fully saturated rings. The van der Waals surface area contributed by atoms with Gasteiger partial charge in [-0.3, -0.25) is 19.4 Å². The van der Waals surface area contributed by atoms with Gasteiger partial charge in [-0.1, -0.05) is 25.1 Å². The van der Waals surface area contributed by atoms with E-state index in [0.29, 0.717) is 24.4 Å². The summed E-state index contributed by atoms with van der Waals surface area (Å²) in [6, 6.07) is 6.49. The predicted molar refractivity (Wildman–Crippen MR) is 122 cm³/mol. The van der Waals surface area contributed by atoms with E-state index < -0.39 is 18.1 Å². The van der Waals surface area contributed by atoms with E-state index >= 15 is 0 Å². The number of amides is 2. The number of benzene rings is 1. The maximum Gasteiger partial charge on any atom is 0.305 e. The predicted octanol–water partition coefficient (Wildman–Crippen LogP) is 3.64. The molecule has 0 spiro atoms. The fourth-order valence-electron chi connectivity index (χ4n) is 4.33. The number of nitrogens with zero attached hydrogens (tertiary/aromatic N) is 2. The van der Waals surface area contributed by atoms with Crippen molar-refractivity contribution in [3.05, 3.63) is 53.3 Å². The largest absolute Gasteiger partial charge is 0.481 e. The van der Waals surface area contributed by atoms with Crippen molar-refractivity contribution in [2.45, 2.75) is 59.0 Å². The summed E-state index contributed by atoms with van der Waals surface area (Å²) in [4.78, 5) is 42.8. The first-order chi connectivity index (χ1) is 15.2. The van der Waals surface area contributed by atoms with Gasteiger partial charge in [-0.25, -0.2) is 0 Å². The molecular formula is C25H31N3O4. The Bertz CT molecular complexity index is 1000. The summed E-state index contributed by atoms with van der Waals surface area (Å²) in [6.07, 6.45) is 4.31. The first kappa shape index (κ1) is 23.4. The van der Waals surface area contributed by atoms with Gasteiger partial charge in [-0.05, 0) is 61.4 Å². The van der Waals surface area contributed by atoms with Crippen LogP contribution in [0.2, 0.25) is 0 Å². The van der Waals surface area contributed by atoms with Gasteiger partial charge in [0.25, 0.3) is 0 Å². The standard InChI is InChI=1S/C25H31N3O4/c1-15-8-9-22(29)28(14-15)18(4)25(32)27-21(11-23(30)31)19-10-20(13-26-12-19)24-16(2)6-5-7-17(24)3/h5-7,10,12-13,15,18,21H,8-9,11,14H2,1-4H3,(H,27,32)(H,30,31)/t15?,18-,21+/m1/s1. The maximum atomic E-state index is 13.0. The fraction of sp³-hybridized carbons (Fsp3) is 0.440. The van der Waals surface area contributed by atoms with E-state index in [1.807, 2.05) is 38.1 Å². The molecule has 2 aromatic rings. The van der Waals surface area contributed by atoms with Crippen molar-refractivity contribution in [2.24, 2.45) is 5.92 Å². The Balaban J connectivity index is 1.86. The average Bonchev–Trinajstić information content (AvgIpc) is 2.74. The third-order valence-corrected chi connectivity index (χ3v) is 6.15. The van der Waals surface area contributed by atoms with Crippen molar-refractivity contribution in [2.75, 3.05) is 6.54 Å². The van der Waals surface area contributed by atoms with Gasteiger partial charge in [0.15, 0.2) is 0 Å². The monoisotopic (exact) mass is 437 g/mol. The van der Waals surface area contributed by atoms with Crippen LogP contribution in [0.4, 0.5) is 0 Å². The Morgan fingerprint density at radius 2 is 1.94 bits per heavy atom. The lowest BCUT2D eigenvalue weighted by Crippen LogP contribution is -2.52. The smallest absolute Gasteiger partial charge is 0.305 e. The number of carboxylic acids is 1. The highest BCUT2D eigenvalue weighted by Gasteiger charge is 2.32. The van der Waals surface area contributed by atoms with Crippen molar-refractivity contribution in [3.63, 3.8) is 0 Å². The lowest BCUT2D eigenvalue weighted by molar-refractivity contribution is -0.144.